The summed E-state index contributed by atoms with van der Waals surface area (Å²) in [5, 5.41) is 12.7. The van der Waals surface area contributed by atoms with Crippen LogP contribution in [0, 0.1) is 0 Å². The first-order valence-corrected chi connectivity index (χ1v) is 13.7. The van der Waals surface area contributed by atoms with Gasteiger partial charge in [0, 0.05) is 44.4 Å². The van der Waals surface area contributed by atoms with Crippen LogP contribution in [0.5, 0.6) is 5.75 Å². The molecule has 0 bridgehead atoms. The van der Waals surface area contributed by atoms with Gasteiger partial charge in [0.05, 0.1) is 23.5 Å². The van der Waals surface area contributed by atoms with Crippen molar-refractivity contribution in [2.75, 3.05) is 0 Å². The minimum Gasteiger partial charge on any atom is -0.487 e. The summed E-state index contributed by atoms with van der Waals surface area (Å²) in [5.41, 5.74) is 7.51. The van der Waals surface area contributed by atoms with Crippen LogP contribution in [0.3, 0.4) is 0 Å². The summed E-state index contributed by atoms with van der Waals surface area (Å²) < 4.78 is 8.58. The van der Waals surface area contributed by atoms with Gasteiger partial charge >= 0.3 is 0 Å². The maximum Gasteiger partial charge on any atom is 0.130 e. The van der Waals surface area contributed by atoms with Crippen LogP contribution >= 0.6 is 23.4 Å². The predicted octanol–water partition coefficient (Wildman–Crippen LogP) is 7.51. The molecular weight excluding hydrogens is 500 g/mol. The van der Waals surface area contributed by atoms with Gasteiger partial charge in [0.1, 0.15) is 12.4 Å². The minimum absolute atomic E-state index is 0.0163. The fourth-order valence-corrected chi connectivity index (χ4v) is 6.64. The summed E-state index contributed by atoms with van der Waals surface area (Å²) in [6.45, 7) is 3.27. The molecule has 0 spiro atoms. The van der Waals surface area contributed by atoms with E-state index in [-0.39, 0.29) is 6.61 Å². The molecule has 186 valence electrons. The van der Waals surface area contributed by atoms with Crippen LogP contribution in [-0.2, 0) is 26.2 Å². The molecule has 1 aliphatic rings. The number of hydrogen-bond donors (Lipinski definition) is 1. The fourth-order valence-electron chi connectivity index (χ4n) is 5.12. The molecule has 0 amide bonds. The topological polar surface area (TPSA) is 47.3 Å². The molecule has 2 aromatic heterocycles. The molecule has 6 rings (SSSR count). The third-order valence-electron chi connectivity index (χ3n) is 6.85. The van der Waals surface area contributed by atoms with Gasteiger partial charge in [0.15, 0.2) is 0 Å². The van der Waals surface area contributed by atoms with Crippen LogP contribution in [0.15, 0.2) is 90.0 Å². The first-order chi connectivity index (χ1) is 18.1. The van der Waals surface area contributed by atoms with Crippen LogP contribution in [0.4, 0.5) is 0 Å². The summed E-state index contributed by atoms with van der Waals surface area (Å²) in [5.74, 6) is 0.888. The Kier molecular flexibility index (Phi) is 6.68. The van der Waals surface area contributed by atoms with E-state index in [1.54, 1.807) is 0 Å². The van der Waals surface area contributed by atoms with Gasteiger partial charge in [0.25, 0.3) is 0 Å². The summed E-state index contributed by atoms with van der Waals surface area (Å²) in [4.78, 5) is 5.80. The van der Waals surface area contributed by atoms with Crippen molar-refractivity contribution in [1.29, 1.82) is 0 Å². The molecule has 6 heteroatoms. The number of halogens is 1. The number of aromatic nitrogens is 2. The zero-order valence-corrected chi connectivity index (χ0v) is 22.1. The Hall–Kier alpha value is -3.25. The normalized spacial score (nSPS) is 14.7. The zero-order chi connectivity index (χ0) is 25.4. The van der Waals surface area contributed by atoms with Gasteiger partial charge in [-0.05, 0) is 47.9 Å². The SMILES string of the molecule is CC1Cc2c(OCc3ccc(-c4ccccc4)cn3)ccc3c2c(c(CO)n3Cc2cccc(Cl)c2)S1. The van der Waals surface area contributed by atoms with Crippen LogP contribution < -0.4 is 4.74 Å². The Morgan fingerprint density at radius 1 is 1.03 bits per heavy atom. The number of nitrogens with zero attached hydrogens (tertiary/aromatic N) is 2. The number of benzene rings is 3. The number of ether oxygens (including phenoxy) is 1. The van der Waals surface area contributed by atoms with E-state index in [2.05, 4.69) is 52.9 Å². The molecule has 0 radical (unpaired) electrons. The van der Waals surface area contributed by atoms with Crippen molar-refractivity contribution < 1.29 is 9.84 Å². The van der Waals surface area contributed by atoms with E-state index in [1.807, 2.05) is 60.4 Å². The van der Waals surface area contributed by atoms with E-state index in [0.717, 1.165) is 50.7 Å². The second kappa shape index (κ2) is 10.3. The van der Waals surface area contributed by atoms with Gasteiger partial charge in [-0.15, -0.1) is 11.8 Å². The van der Waals surface area contributed by atoms with E-state index in [4.69, 9.17) is 16.3 Å². The Morgan fingerprint density at radius 3 is 2.65 bits per heavy atom. The number of aliphatic hydroxyl groups excluding tert-OH is 1. The lowest BCUT2D eigenvalue weighted by Crippen LogP contribution is -2.10. The summed E-state index contributed by atoms with van der Waals surface area (Å²) >= 11 is 8.09. The molecule has 1 unspecified atom stereocenters. The highest BCUT2D eigenvalue weighted by Gasteiger charge is 2.28. The Morgan fingerprint density at radius 2 is 1.89 bits per heavy atom. The maximum atomic E-state index is 10.4. The lowest BCUT2D eigenvalue weighted by atomic mass is 10.0. The average Bonchev–Trinajstić information content (AvgIpc) is 3.21. The highest BCUT2D eigenvalue weighted by molar-refractivity contribution is 8.00. The third kappa shape index (κ3) is 4.75. The molecule has 1 aliphatic heterocycles. The monoisotopic (exact) mass is 526 g/mol. The Balaban J connectivity index is 1.32. The van der Waals surface area contributed by atoms with Crippen LogP contribution in [0.1, 0.15) is 29.4 Å². The van der Waals surface area contributed by atoms with Gasteiger partial charge in [-0.1, -0.05) is 67.1 Å². The van der Waals surface area contributed by atoms with Crippen molar-refractivity contribution >= 4 is 34.3 Å². The standard InChI is InChI=1S/C31H27ClN2O2S/c1-20-14-26-29(36-19-25-11-10-23(16-33-25)22-7-3-2-4-8-22)13-12-27-30(26)31(37-20)28(18-35)34(27)17-21-6-5-9-24(32)15-21/h2-13,15-16,20,35H,14,17-19H2,1H3. The lowest BCUT2D eigenvalue weighted by molar-refractivity contribution is 0.269. The largest absolute Gasteiger partial charge is 0.487 e. The van der Waals surface area contributed by atoms with Crippen molar-refractivity contribution in [2.45, 2.75) is 43.2 Å². The first kappa shape index (κ1) is 24.1. The lowest BCUT2D eigenvalue weighted by Gasteiger charge is -2.22. The second-order valence-corrected chi connectivity index (χ2v) is 11.3. The summed E-state index contributed by atoms with van der Waals surface area (Å²) in [6.07, 6.45) is 2.82. The molecule has 4 nitrogen and oxygen atoms in total. The van der Waals surface area contributed by atoms with Gasteiger partial charge in [-0.2, -0.15) is 0 Å². The Bertz CT molecular complexity index is 1560. The van der Waals surface area contributed by atoms with Gasteiger partial charge in [-0.3, -0.25) is 4.98 Å². The molecule has 37 heavy (non-hydrogen) atoms. The van der Waals surface area contributed by atoms with E-state index in [9.17, 15) is 5.11 Å². The van der Waals surface area contributed by atoms with Crippen molar-refractivity contribution in [2.24, 2.45) is 0 Å². The van der Waals surface area contributed by atoms with Gasteiger partial charge < -0.3 is 14.4 Å². The minimum atomic E-state index is -0.0163. The number of aliphatic hydroxyl groups is 1. The molecular formula is C31H27ClN2O2S. The van der Waals surface area contributed by atoms with Crippen LogP contribution in [0.25, 0.3) is 22.0 Å². The number of rotatable bonds is 7. The molecule has 3 heterocycles. The molecule has 5 aromatic rings. The van der Waals surface area contributed by atoms with Crippen molar-refractivity contribution in [1.82, 2.24) is 9.55 Å². The molecule has 3 aromatic carbocycles. The molecule has 0 aliphatic carbocycles. The molecule has 0 saturated carbocycles. The van der Waals surface area contributed by atoms with E-state index >= 15 is 0 Å². The maximum absolute atomic E-state index is 10.4. The highest BCUT2D eigenvalue weighted by Crippen LogP contribution is 2.47. The van der Waals surface area contributed by atoms with E-state index < -0.39 is 0 Å². The quantitative estimate of drug-likeness (QED) is 0.238. The van der Waals surface area contributed by atoms with E-state index in [1.165, 1.54) is 10.9 Å². The van der Waals surface area contributed by atoms with E-state index in [0.29, 0.717) is 23.4 Å². The molecule has 0 fully saturated rings. The highest BCUT2D eigenvalue weighted by atomic mass is 35.5. The fraction of sp³-hybridized carbons (Fsp3) is 0.194. The number of thioether (sulfide) groups is 1. The smallest absolute Gasteiger partial charge is 0.130 e. The average molecular weight is 527 g/mol. The summed E-state index contributed by atoms with van der Waals surface area (Å²) in [6, 6.07) is 26.5. The zero-order valence-electron chi connectivity index (χ0n) is 20.5. The van der Waals surface area contributed by atoms with Crippen molar-refractivity contribution in [3.8, 4) is 16.9 Å². The van der Waals surface area contributed by atoms with Crippen molar-refractivity contribution in [3.05, 3.63) is 113 Å². The molecule has 1 atom stereocenters. The second-order valence-electron chi connectivity index (χ2n) is 9.41. The van der Waals surface area contributed by atoms with Gasteiger partial charge in [0.2, 0.25) is 0 Å². The Labute approximate surface area is 225 Å². The predicted molar refractivity (Wildman–Crippen MR) is 151 cm³/mol. The summed E-state index contributed by atoms with van der Waals surface area (Å²) in [7, 11) is 0. The van der Waals surface area contributed by atoms with Gasteiger partial charge in [-0.25, -0.2) is 0 Å². The molecule has 1 N–H and O–H groups in total. The number of hydrogen-bond acceptors (Lipinski definition) is 4. The number of pyridine rings is 1. The van der Waals surface area contributed by atoms with Crippen LogP contribution in [-0.4, -0.2) is 19.9 Å². The van der Waals surface area contributed by atoms with Crippen LogP contribution in [0.2, 0.25) is 5.02 Å². The molecule has 0 saturated heterocycles. The van der Waals surface area contributed by atoms with Crippen molar-refractivity contribution in [3.63, 3.8) is 0 Å². The first-order valence-electron chi connectivity index (χ1n) is 12.4. The third-order valence-corrected chi connectivity index (χ3v) is 8.33.